The number of ether oxygens (including phenoxy) is 1. The van der Waals surface area contributed by atoms with E-state index in [0.717, 1.165) is 12.8 Å². The van der Waals surface area contributed by atoms with Gasteiger partial charge in [0, 0.05) is 6.42 Å². The molecule has 1 aliphatic carbocycles. The van der Waals surface area contributed by atoms with Crippen molar-refractivity contribution in [1.82, 2.24) is 0 Å². The van der Waals surface area contributed by atoms with Gasteiger partial charge in [0.2, 0.25) is 0 Å². The van der Waals surface area contributed by atoms with E-state index in [9.17, 15) is 4.79 Å². The summed E-state index contributed by atoms with van der Waals surface area (Å²) in [7, 11) is 0. The molecule has 0 amide bonds. The van der Waals surface area contributed by atoms with Crippen LogP contribution >= 0.6 is 0 Å². The van der Waals surface area contributed by atoms with Gasteiger partial charge < -0.3 is 4.74 Å². The Bertz CT molecular complexity index is 188. The van der Waals surface area contributed by atoms with Crippen LogP contribution in [0.15, 0.2) is 0 Å². The second-order valence-electron chi connectivity index (χ2n) is 3.79. The lowest BCUT2D eigenvalue weighted by Gasteiger charge is -2.17. The molecule has 0 aromatic carbocycles. The van der Waals surface area contributed by atoms with E-state index in [1.54, 1.807) is 0 Å². The smallest absolute Gasteiger partial charge is 0.164 e. The lowest BCUT2D eigenvalue weighted by atomic mass is 9.83. The highest BCUT2D eigenvalue weighted by Gasteiger charge is 2.59. The molecule has 0 unspecified atom stereocenters. The molecule has 1 aliphatic heterocycles. The van der Waals surface area contributed by atoms with Gasteiger partial charge in [0.15, 0.2) is 5.78 Å². The predicted octanol–water partition coefficient (Wildman–Crippen LogP) is 1.14. The molecule has 2 heteroatoms. The Balaban J connectivity index is 2.15. The van der Waals surface area contributed by atoms with Crippen LogP contribution in [-0.4, -0.2) is 17.5 Å². The fourth-order valence-corrected chi connectivity index (χ4v) is 2.01. The molecule has 1 saturated heterocycles. The molecular weight excluding hydrogens is 128 g/mol. The standard InChI is InChI=1S/C8H12O2/c1-5-3-6(9)7-8(2,4-5)10-7/h5,7H,3-4H2,1-2H3/t5-,7-,8+/m1/s1. The van der Waals surface area contributed by atoms with E-state index < -0.39 is 0 Å². The average molecular weight is 140 g/mol. The molecule has 0 aromatic heterocycles. The van der Waals surface area contributed by atoms with Crippen molar-refractivity contribution < 1.29 is 9.53 Å². The molecule has 0 spiro atoms. The molecule has 2 aliphatic rings. The fourth-order valence-electron chi connectivity index (χ4n) is 2.01. The van der Waals surface area contributed by atoms with Crippen molar-refractivity contribution in [1.29, 1.82) is 0 Å². The molecule has 56 valence electrons. The van der Waals surface area contributed by atoms with Crippen molar-refractivity contribution >= 4 is 5.78 Å². The van der Waals surface area contributed by atoms with Gasteiger partial charge in [0.25, 0.3) is 0 Å². The summed E-state index contributed by atoms with van der Waals surface area (Å²) in [6.07, 6.45) is 1.74. The number of Topliss-reactive ketones (excluding diaryl/α,β-unsaturated/α-hetero) is 1. The summed E-state index contributed by atoms with van der Waals surface area (Å²) >= 11 is 0. The summed E-state index contributed by atoms with van der Waals surface area (Å²) in [5.41, 5.74) is -0.0608. The Hall–Kier alpha value is -0.370. The highest BCUT2D eigenvalue weighted by Crippen LogP contribution is 2.47. The second-order valence-corrected chi connectivity index (χ2v) is 3.79. The van der Waals surface area contributed by atoms with Crippen LogP contribution in [0.25, 0.3) is 0 Å². The highest BCUT2D eigenvalue weighted by atomic mass is 16.6. The van der Waals surface area contributed by atoms with Crippen LogP contribution in [0.4, 0.5) is 0 Å². The Morgan fingerprint density at radius 2 is 2.40 bits per heavy atom. The summed E-state index contributed by atoms with van der Waals surface area (Å²) in [5, 5.41) is 0. The largest absolute Gasteiger partial charge is 0.358 e. The summed E-state index contributed by atoms with van der Waals surface area (Å²) < 4.78 is 5.30. The Morgan fingerprint density at radius 1 is 1.70 bits per heavy atom. The maximum atomic E-state index is 11.1. The maximum Gasteiger partial charge on any atom is 0.164 e. The van der Waals surface area contributed by atoms with Crippen molar-refractivity contribution in [2.24, 2.45) is 5.92 Å². The van der Waals surface area contributed by atoms with Crippen LogP contribution in [0.2, 0.25) is 0 Å². The third kappa shape index (κ3) is 0.717. The quantitative estimate of drug-likeness (QED) is 0.472. The summed E-state index contributed by atoms with van der Waals surface area (Å²) in [4.78, 5) is 11.1. The van der Waals surface area contributed by atoms with Crippen LogP contribution in [0.5, 0.6) is 0 Å². The summed E-state index contributed by atoms with van der Waals surface area (Å²) in [6.45, 7) is 4.15. The van der Waals surface area contributed by atoms with Crippen molar-refractivity contribution in [3.05, 3.63) is 0 Å². The van der Waals surface area contributed by atoms with Gasteiger partial charge in [-0.05, 0) is 19.3 Å². The van der Waals surface area contributed by atoms with Crippen molar-refractivity contribution in [3.63, 3.8) is 0 Å². The van der Waals surface area contributed by atoms with Gasteiger partial charge in [0.1, 0.15) is 6.10 Å². The maximum absolute atomic E-state index is 11.1. The SMILES string of the molecule is C[C@@H]1CC(=O)[C@H]2O[C@@]2(C)C1. The molecule has 2 fully saturated rings. The van der Waals surface area contributed by atoms with Crippen LogP contribution in [0.3, 0.4) is 0 Å². The normalized spacial score (nSPS) is 52.4. The first-order valence-electron chi connectivity index (χ1n) is 3.82. The van der Waals surface area contributed by atoms with Crippen LogP contribution in [0.1, 0.15) is 26.7 Å². The number of carbonyl (C=O) groups is 1. The first kappa shape index (κ1) is 6.35. The van der Waals surface area contributed by atoms with Crippen molar-refractivity contribution in [3.8, 4) is 0 Å². The minimum absolute atomic E-state index is 0.0382. The average Bonchev–Trinajstić information content (AvgIpc) is 2.39. The minimum atomic E-state index is -0.0608. The Kier molecular flexibility index (Phi) is 1.03. The lowest BCUT2D eigenvalue weighted by Crippen LogP contribution is -2.28. The monoisotopic (exact) mass is 140 g/mol. The molecule has 2 nitrogen and oxygen atoms in total. The number of hydrogen-bond acceptors (Lipinski definition) is 2. The molecule has 0 radical (unpaired) electrons. The Morgan fingerprint density at radius 3 is 3.00 bits per heavy atom. The number of rotatable bonds is 0. The molecule has 0 N–H and O–H groups in total. The molecule has 10 heavy (non-hydrogen) atoms. The Labute approximate surface area is 60.6 Å². The van der Waals surface area contributed by atoms with Crippen molar-refractivity contribution in [2.45, 2.75) is 38.4 Å². The minimum Gasteiger partial charge on any atom is -0.358 e. The van der Waals surface area contributed by atoms with E-state index in [1.807, 2.05) is 6.92 Å². The zero-order valence-electron chi connectivity index (χ0n) is 6.39. The number of carbonyl (C=O) groups excluding carboxylic acids is 1. The van der Waals surface area contributed by atoms with E-state index in [-0.39, 0.29) is 11.7 Å². The van der Waals surface area contributed by atoms with E-state index in [2.05, 4.69) is 6.92 Å². The topological polar surface area (TPSA) is 29.6 Å². The highest BCUT2D eigenvalue weighted by molar-refractivity contribution is 5.88. The number of fused-ring (bicyclic) bond motifs is 1. The van der Waals surface area contributed by atoms with Crippen LogP contribution in [0, 0.1) is 5.92 Å². The zero-order chi connectivity index (χ0) is 7.35. The van der Waals surface area contributed by atoms with Gasteiger partial charge >= 0.3 is 0 Å². The van der Waals surface area contributed by atoms with Gasteiger partial charge in [-0.2, -0.15) is 0 Å². The predicted molar refractivity (Wildman–Crippen MR) is 36.7 cm³/mol. The molecule has 0 aromatic rings. The number of ketones is 1. The van der Waals surface area contributed by atoms with E-state index in [0.29, 0.717) is 11.7 Å². The molecule has 1 heterocycles. The van der Waals surface area contributed by atoms with E-state index >= 15 is 0 Å². The zero-order valence-corrected chi connectivity index (χ0v) is 6.39. The number of epoxide rings is 1. The molecule has 2 rings (SSSR count). The van der Waals surface area contributed by atoms with Gasteiger partial charge in [-0.3, -0.25) is 4.79 Å². The fraction of sp³-hybridized carbons (Fsp3) is 0.875. The van der Waals surface area contributed by atoms with Gasteiger partial charge in [-0.15, -0.1) is 0 Å². The molecule has 0 bridgehead atoms. The van der Waals surface area contributed by atoms with Gasteiger partial charge in [-0.25, -0.2) is 0 Å². The first-order chi connectivity index (χ1) is 4.62. The van der Waals surface area contributed by atoms with Crippen LogP contribution < -0.4 is 0 Å². The third-order valence-corrected chi connectivity index (χ3v) is 2.48. The van der Waals surface area contributed by atoms with E-state index in [1.165, 1.54) is 0 Å². The van der Waals surface area contributed by atoms with Crippen molar-refractivity contribution in [2.75, 3.05) is 0 Å². The molecule has 3 atom stereocenters. The third-order valence-electron chi connectivity index (χ3n) is 2.48. The summed E-state index contributed by atoms with van der Waals surface area (Å²) in [6, 6.07) is 0. The first-order valence-corrected chi connectivity index (χ1v) is 3.82. The van der Waals surface area contributed by atoms with Gasteiger partial charge in [0.05, 0.1) is 5.60 Å². The summed E-state index contributed by atoms with van der Waals surface area (Å²) in [5.74, 6) is 0.831. The molecule has 1 saturated carbocycles. The number of hydrogen-bond donors (Lipinski definition) is 0. The molecular formula is C8H12O2. The van der Waals surface area contributed by atoms with E-state index in [4.69, 9.17) is 4.74 Å². The van der Waals surface area contributed by atoms with Gasteiger partial charge in [-0.1, -0.05) is 6.92 Å². The van der Waals surface area contributed by atoms with Crippen LogP contribution in [-0.2, 0) is 9.53 Å². The lowest BCUT2D eigenvalue weighted by molar-refractivity contribution is -0.121. The second kappa shape index (κ2) is 1.62.